The van der Waals surface area contributed by atoms with Gasteiger partial charge in [-0.2, -0.15) is 0 Å². The summed E-state index contributed by atoms with van der Waals surface area (Å²) in [6, 6.07) is 0.0705. The Kier molecular flexibility index (Phi) is 4.62. The number of hydrogen-bond donors (Lipinski definition) is 2. The Morgan fingerprint density at radius 2 is 2.00 bits per heavy atom. The standard InChI is InChI=1S/C13H23N3O2S/c1-3-10-5-7-11(8-6-10)16-19(17,18)13-9-14-12(4-2)15-13/h9-11,16H,3-8H2,1-2H3,(H,14,15). The van der Waals surface area contributed by atoms with Crippen molar-refractivity contribution in [3.63, 3.8) is 0 Å². The molecule has 0 spiro atoms. The third kappa shape index (κ3) is 3.57. The monoisotopic (exact) mass is 285 g/mol. The molecule has 2 N–H and O–H groups in total. The molecule has 0 unspecified atom stereocenters. The topological polar surface area (TPSA) is 74.8 Å². The molecule has 0 aliphatic heterocycles. The summed E-state index contributed by atoms with van der Waals surface area (Å²) in [6.45, 7) is 4.14. The van der Waals surface area contributed by atoms with Crippen LogP contribution in [0.25, 0.3) is 0 Å². The van der Waals surface area contributed by atoms with Crippen molar-refractivity contribution in [2.24, 2.45) is 5.92 Å². The number of aryl methyl sites for hydroxylation is 1. The molecule has 0 amide bonds. The molecule has 108 valence electrons. The summed E-state index contributed by atoms with van der Waals surface area (Å²) in [4.78, 5) is 6.90. The van der Waals surface area contributed by atoms with Gasteiger partial charge in [-0.05, 0) is 31.6 Å². The number of nitrogens with zero attached hydrogens (tertiary/aromatic N) is 1. The van der Waals surface area contributed by atoms with Gasteiger partial charge in [0.1, 0.15) is 5.82 Å². The minimum atomic E-state index is -3.44. The number of sulfonamides is 1. The second kappa shape index (κ2) is 6.05. The summed E-state index contributed by atoms with van der Waals surface area (Å²) in [5, 5.41) is 0.182. The van der Waals surface area contributed by atoms with Gasteiger partial charge in [-0.3, -0.25) is 0 Å². The molecule has 0 aromatic carbocycles. The summed E-state index contributed by atoms with van der Waals surface area (Å²) in [5.74, 6) is 1.47. The van der Waals surface area contributed by atoms with Crippen LogP contribution in [0.5, 0.6) is 0 Å². The van der Waals surface area contributed by atoms with Crippen molar-refractivity contribution in [2.45, 2.75) is 63.4 Å². The second-order valence-corrected chi connectivity index (χ2v) is 6.98. The summed E-state index contributed by atoms with van der Waals surface area (Å²) in [7, 11) is -3.44. The minimum absolute atomic E-state index is 0.0705. The third-order valence-corrected chi connectivity index (χ3v) is 5.41. The Morgan fingerprint density at radius 3 is 2.53 bits per heavy atom. The van der Waals surface area contributed by atoms with E-state index in [-0.39, 0.29) is 11.1 Å². The number of hydrogen-bond acceptors (Lipinski definition) is 3. The molecule has 6 heteroatoms. The average molecular weight is 285 g/mol. The van der Waals surface area contributed by atoms with Gasteiger partial charge in [0.25, 0.3) is 10.0 Å². The first-order valence-electron chi connectivity index (χ1n) is 7.11. The van der Waals surface area contributed by atoms with E-state index in [0.29, 0.717) is 12.2 Å². The third-order valence-electron chi connectivity index (χ3n) is 3.98. The lowest BCUT2D eigenvalue weighted by Gasteiger charge is -2.27. The summed E-state index contributed by atoms with van der Waals surface area (Å²) >= 11 is 0. The van der Waals surface area contributed by atoms with Gasteiger partial charge in [-0.15, -0.1) is 0 Å². The van der Waals surface area contributed by atoms with Crippen molar-refractivity contribution in [1.29, 1.82) is 0 Å². The minimum Gasteiger partial charge on any atom is -0.332 e. The summed E-state index contributed by atoms with van der Waals surface area (Å²) in [6.07, 6.45) is 7.41. The molecule has 0 bridgehead atoms. The van der Waals surface area contributed by atoms with Crippen molar-refractivity contribution in [3.05, 3.63) is 12.0 Å². The highest BCUT2D eigenvalue weighted by Crippen LogP contribution is 2.27. The maximum absolute atomic E-state index is 12.2. The van der Waals surface area contributed by atoms with E-state index < -0.39 is 10.0 Å². The van der Waals surface area contributed by atoms with Crippen LogP contribution in [-0.2, 0) is 16.4 Å². The fraction of sp³-hybridized carbons (Fsp3) is 0.769. The fourth-order valence-corrected chi connectivity index (χ4v) is 3.88. The maximum Gasteiger partial charge on any atom is 0.257 e. The summed E-state index contributed by atoms with van der Waals surface area (Å²) in [5.41, 5.74) is 0. The highest BCUT2D eigenvalue weighted by molar-refractivity contribution is 7.89. The molecule has 19 heavy (non-hydrogen) atoms. The molecule has 1 aliphatic rings. The number of rotatable bonds is 5. The largest absolute Gasteiger partial charge is 0.332 e. The highest BCUT2D eigenvalue weighted by Gasteiger charge is 2.26. The van der Waals surface area contributed by atoms with Crippen LogP contribution in [0.1, 0.15) is 51.8 Å². The highest BCUT2D eigenvalue weighted by atomic mass is 32.2. The predicted molar refractivity (Wildman–Crippen MR) is 74.3 cm³/mol. The Morgan fingerprint density at radius 1 is 1.32 bits per heavy atom. The number of H-pyrrole nitrogens is 1. The normalized spacial score (nSPS) is 24.5. The SMILES string of the molecule is CCc1ncc(S(=O)(=O)NC2CCC(CC)CC2)[nH]1. The van der Waals surface area contributed by atoms with E-state index in [0.717, 1.165) is 31.6 Å². The van der Waals surface area contributed by atoms with Crippen molar-refractivity contribution in [3.8, 4) is 0 Å². The Labute approximate surface area is 115 Å². The van der Waals surface area contributed by atoms with E-state index >= 15 is 0 Å². The lowest BCUT2D eigenvalue weighted by molar-refractivity contribution is 0.306. The molecule has 0 saturated heterocycles. The van der Waals surface area contributed by atoms with Gasteiger partial charge >= 0.3 is 0 Å². The lowest BCUT2D eigenvalue weighted by Crippen LogP contribution is -2.37. The van der Waals surface area contributed by atoms with Crippen LogP contribution in [-0.4, -0.2) is 24.4 Å². The first kappa shape index (κ1) is 14.5. The molecule has 0 atom stereocenters. The molecule has 1 fully saturated rings. The van der Waals surface area contributed by atoms with Crippen LogP contribution >= 0.6 is 0 Å². The number of aromatic amines is 1. The van der Waals surface area contributed by atoms with Crippen molar-refractivity contribution < 1.29 is 8.42 Å². The van der Waals surface area contributed by atoms with E-state index in [1.807, 2.05) is 6.92 Å². The predicted octanol–water partition coefficient (Wildman–Crippen LogP) is 2.22. The number of nitrogens with one attached hydrogen (secondary N) is 2. The average Bonchev–Trinajstić information content (AvgIpc) is 2.89. The van der Waals surface area contributed by atoms with Crippen molar-refractivity contribution in [2.75, 3.05) is 0 Å². The van der Waals surface area contributed by atoms with Crippen LogP contribution < -0.4 is 4.72 Å². The van der Waals surface area contributed by atoms with Gasteiger partial charge in [0, 0.05) is 12.5 Å². The lowest BCUT2D eigenvalue weighted by atomic mass is 9.85. The quantitative estimate of drug-likeness (QED) is 0.871. The zero-order valence-electron chi connectivity index (χ0n) is 11.6. The smallest absolute Gasteiger partial charge is 0.257 e. The van der Waals surface area contributed by atoms with Gasteiger partial charge in [-0.1, -0.05) is 20.3 Å². The van der Waals surface area contributed by atoms with Gasteiger partial charge in [0.2, 0.25) is 0 Å². The van der Waals surface area contributed by atoms with E-state index in [1.54, 1.807) is 0 Å². The Hall–Kier alpha value is -0.880. The first-order valence-corrected chi connectivity index (χ1v) is 8.59. The van der Waals surface area contributed by atoms with E-state index in [9.17, 15) is 8.42 Å². The molecule has 1 aliphatic carbocycles. The molecular weight excluding hydrogens is 262 g/mol. The van der Waals surface area contributed by atoms with Crippen LogP contribution in [0, 0.1) is 5.92 Å². The van der Waals surface area contributed by atoms with Crippen LogP contribution in [0.15, 0.2) is 11.2 Å². The Bertz CT molecular complexity index is 502. The maximum atomic E-state index is 12.2. The van der Waals surface area contributed by atoms with Crippen LogP contribution in [0.2, 0.25) is 0 Å². The van der Waals surface area contributed by atoms with Crippen molar-refractivity contribution in [1.82, 2.24) is 14.7 Å². The van der Waals surface area contributed by atoms with E-state index in [1.165, 1.54) is 12.6 Å². The van der Waals surface area contributed by atoms with E-state index in [4.69, 9.17) is 0 Å². The van der Waals surface area contributed by atoms with Gasteiger partial charge in [0.15, 0.2) is 5.03 Å². The van der Waals surface area contributed by atoms with E-state index in [2.05, 4.69) is 21.6 Å². The van der Waals surface area contributed by atoms with Gasteiger partial charge < -0.3 is 4.98 Å². The van der Waals surface area contributed by atoms with Crippen molar-refractivity contribution >= 4 is 10.0 Å². The fourth-order valence-electron chi connectivity index (χ4n) is 2.63. The Balaban J connectivity index is 1.98. The molecule has 1 aromatic heterocycles. The first-order chi connectivity index (χ1) is 9.05. The molecule has 1 aromatic rings. The second-order valence-electron chi connectivity index (χ2n) is 5.29. The molecule has 1 saturated carbocycles. The molecular formula is C13H23N3O2S. The molecule has 0 radical (unpaired) electrons. The summed E-state index contributed by atoms with van der Waals surface area (Å²) < 4.78 is 27.2. The zero-order chi connectivity index (χ0) is 13.9. The zero-order valence-corrected chi connectivity index (χ0v) is 12.5. The molecule has 5 nitrogen and oxygen atoms in total. The van der Waals surface area contributed by atoms with Crippen LogP contribution in [0.4, 0.5) is 0 Å². The van der Waals surface area contributed by atoms with Gasteiger partial charge in [-0.25, -0.2) is 18.1 Å². The number of imidazole rings is 1. The van der Waals surface area contributed by atoms with Crippen LogP contribution in [0.3, 0.4) is 0 Å². The molecule has 1 heterocycles. The molecule has 2 rings (SSSR count). The van der Waals surface area contributed by atoms with Gasteiger partial charge in [0.05, 0.1) is 6.20 Å². The number of aromatic nitrogens is 2.